The number of carbonyl (C=O) groups is 1. The molecule has 2 aromatic carbocycles. The second kappa shape index (κ2) is 11.8. The molecule has 0 N–H and O–H groups in total. The van der Waals surface area contributed by atoms with Gasteiger partial charge in [-0.3, -0.25) is 9.36 Å². The van der Waals surface area contributed by atoms with E-state index in [1.807, 2.05) is 66.1 Å². The maximum atomic E-state index is 13.7. The molecule has 0 aliphatic carbocycles. The first-order valence-corrected chi connectivity index (χ1v) is 15.6. The Morgan fingerprint density at radius 2 is 1.87 bits per heavy atom. The molecule has 0 spiro atoms. The van der Waals surface area contributed by atoms with E-state index in [9.17, 15) is 9.59 Å². The van der Waals surface area contributed by atoms with Gasteiger partial charge in [-0.15, -0.1) is 11.3 Å². The highest BCUT2D eigenvalue weighted by atomic mass is 127. The van der Waals surface area contributed by atoms with Crippen molar-refractivity contribution in [1.82, 2.24) is 4.57 Å². The molecule has 0 saturated carbocycles. The predicted molar refractivity (Wildman–Crippen MR) is 167 cm³/mol. The molecule has 0 saturated heterocycles. The number of carbonyl (C=O) groups excluding carboxylic acids is 1. The average Bonchev–Trinajstić information content (AvgIpc) is 3.52. The van der Waals surface area contributed by atoms with Crippen molar-refractivity contribution in [3.05, 3.63) is 114 Å². The van der Waals surface area contributed by atoms with Crippen LogP contribution >= 0.6 is 67.9 Å². The minimum Gasteiger partial charge on any atom is -0.487 e. The molecular formula is C28H22I2N2O4S2. The predicted octanol–water partition coefficient (Wildman–Crippen LogP) is 5.65. The monoisotopic (exact) mass is 768 g/mol. The number of fused-ring (bicyclic) bond motifs is 1. The van der Waals surface area contributed by atoms with Crippen LogP contribution in [0.15, 0.2) is 81.0 Å². The Kier molecular flexibility index (Phi) is 8.50. The Bertz CT molecular complexity index is 1680. The summed E-state index contributed by atoms with van der Waals surface area (Å²) < 4.78 is 15.5. The summed E-state index contributed by atoms with van der Waals surface area (Å²) in [5, 5.41) is 1.94. The lowest BCUT2D eigenvalue weighted by molar-refractivity contribution is -0.139. The second-order valence-electron chi connectivity index (χ2n) is 8.41. The summed E-state index contributed by atoms with van der Waals surface area (Å²) in [6.45, 7) is 4.29. The molecule has 0 bridgehead atoms. The first-order valence-electron chi connectivity index (χ1n) is 11.8. The molecular weight excluding hydrogens is 746 g/mol. The quantitative estimate of drug-likeness (QED) is 0.180. The highest BCUT2D eigenvalue weighted by Crippen LogP contribution is 2.33. The van der Waals surface area contributed by atoms with Gasteiger partial charge in [0.1, 0.15) is 18.4 Å². The molecule has 194 valence electrons. The number of thiazole rings is 1. The van der Waals surface area contributed by atoms with Crippen LogP contribution in [0.3, 0.4) is 0 Å². The summed E-state index contributed by atoms with van der Waals surface area (Å²) in [4.78, 5) is 32.7. The molecule has 38 heavy (non-hydrogen) atoms. The van der Waals surface area contributed by atoms with Crippen molar-refractivity contribution in [3.63, 3.8) is 0 Å². The lowest BCUT2D eigenvalue weighted by atomic mass is 10.0. The zero-order chi connectivity index (χ0) is 26.8. The Balaban J connectivity index is 1.54. The van der Waals surface area contributed by atoms with Gasteiger partial charge in [-0.25, -0.2) is 9.79 Å². The van der Waals surface area contributed by atoms with E-state index in [0.29, 0.717) is 27.2 Å². The lowest BCUT2D eigenvalue weighted by Crippen LogP contribution is -2.39. The van der Waals surface area contributed by atoms with Gasteiger partial charge >= 0.3 is 5.97 Å². The SMILES string of the molecule is CCOC(=O)C1=C(C)N=c2s/c(=C/c3cc(I)c(OCc4ccccc4)c(I)c3)c(=O)n2[C@H]1c1cccs1. The molecule has 10 heteroatoms. The number of hydrogen-bond donors (Lipinski definition) is 0. The Labute approximate surface area is 254 Å². The molecule has 4 aromatic rings. The smallest absolute Gasteiger partial charge is 0.338 e. The summed E-state index contributed by atoms with van der Waals surface area (Å²) in [7, 11) is 0. The van der Waals surface area contributed by atoms with Crippen molar-refractivity contribution < 1.29 is 14.3 Å². The van der Waals surface area contributed by atoms with E-state index < -0.39 is 12.0 Å². The minimum absolute atomic E-state index is 0.184. The topological polar surface area (TPSA) is 69.9 Å². The fourth-order valence-electron chi connectivity index (χ4n) is 4.19. The first-order chi connectivity index (χ1) is 18.4. The number of benzene rings is 2. The fourth-order valence-corrected chi connectivity index (χ4v) is 8.19. The van der Waals surface area contributed by atoms with Gasteiger partial charge in [0.05, 0.1) is 29.5 Å². The molecule has 5 rings (SSSR count). The van der Waals surface area contributed by atoms with Crippen molar-refractivity contribution in [2.75, 3.05) is 6.61 Å². The van der Waals surface area contributed by atoms with Crippen LogP contribution in [0.2, 0.25) is 0 Å². The molecule has 0 unspecified atom stereocenters. The molecule has 0 amide bonds. The van der Waals surface area contributed by atoms with Crippen molar-refractivity contribution in [2.45, 2.75) is 26.5 Å². The van der Waals surface area contributed by atoms with Crippen LogP contribution in [0.5, 0.6) is 5.75 Å². The number of thiophene rings is 1. The molecule has 1 aliphatic heterocycles. The Hall–Kier alpha value is -2.29. The molecule has 6 nitrogen and oxygen atoms in total. The number of allylic oxidation sites excluding steroid dienone is 1. The maximum absolute atomic E-state index is 13.7. The van der Waals surface area contributed by atoms with Crippen molar-refractivity contribution in [1.29, 1.82) is 0 Å². The number of hydrogen-bond acceptors (Lipinski definition) is 7. The Morgan fingerprint density at radius 3 is 2.53 bits per heavy atom. The number of halogens is 2. The normalized spacial score (nSPS) is 15.3. The van der Waals surface area contributed by atoms with Gasteiger partial charge in [-0.2, -0.15) is 0 Å². The van der Waals surface area contributed by atoms with Crippen LogP contribution in [0.1, 0.15) is 35.9 Å². The number of esters is 1. The van der Waals surface area contributed by atoms with E-state index in [1.165, 1.54) is 22.7 Å². The Morgan fingerprint density at radius 1 is 1.13 bits per heavy atom. The third-order valence-corrected chi connectivity index (χ3v) is 9.38. The molecule has 0 fully saturated rings. The van der Waals surface area contributed by atoms with Crippen LogP contribution in [-0.2, 0) is 16.1 Å². The number of ether oxygens (including phenoxy) is 2. The summed E-state index contributed by atoms with van der Waals surface area (Å²) in [5.74, 6) is 0.373. The van der Waals surface area contributed by atoms with E-state index in [1.54, 1.807) is 18.4 Å². The van der Waals surface area contributed by atoms with Crippen molar-refractivity contribution in [3.8, 4) is 5.75 Å². The van der Waals surface area contributed by atoms with Crippen LogP contribution in [-0.4, -0.2) is 17.1 Å². The summed E-state index contributed by atoms with van der Waals surface area (Å²) in [6.07, 6.45) is 1.88. The van der Waals surface area contributed by atoms with Crippen molar-refractivity contribution in [2.24, 2.45) is 4.99 Å². The first kappa shape index (κ1) is 27.3. The summed E-state index contributed by atoms with van der Waals surface area (Å²) in [6, 6.07) is 17.3. The summed E-state index contributed by atoms with van der Waals surface area (Å²) in [5.41, 5.74) is 2.78. The molecule has 0 radical (unpaired) electrons. The van der Waals surface area contributed by atoms with Crippen molar-refractivity contribution >= 4 is 79.9 Å². The van der Waals surface area contributed by atoms with E-state index >= 15 is 0 Å². The standard InChI is InChI=1S/C28H22I2N2O4S2/c1-3-35-27(34)23-16(2)31-28-32(24(23)21-10-7-11-37-21)26(33)22(38-28)14-18-12-19(29)25(20(30)13-18)36-15-17-8-5-4-6-9-17/h4-14,24H,3,15H2,1-2H3/b22-14+/t24-/m0/s1. The zero-order valence-electron chi connectivity index (χ0n) is 20.4. The van der Waals surface area contributed by atoms with Gasteiger partial charge in [-0.1, -0.05) is 47.7 Å². The second-order valence-corrected chi connectivity index (χ2v) is 12.7. The number of aromatic nitrogens is 1. The third-order valence-electron chi connectivity index (χ3n) is 5.87. The van der Waals surface area contributed by atoms with Crippen LogP contribution in [0.4, 0.5) is 0 Å². The van der Waals surface area contributed by atoms with Gasteiger partial charge < -0.3 is 9.47 Å². The van der Waals surface area contributed by atoms with E-state index in [2.05, 4.69) is 50.2 Å². The van der Waals surface area contributed by atoms with E-state index in [0.717, 1.165) is 28.9 Å². The minimum atomic E-state index is -0.568. The molecule has 1 atom stereocenters. The maximum Gasteiger partial charge on any atom is 0.338 e. The van der Waals surface area contributed by atoms with Gasteiger partial charge in [0.15, 0.2) is 4.80 Å². The number of nitrogens with zero attached hydrogens (tertiary/aromatic N) is 2. The zero-order valence-corrected chi connectivity index (χ0v) is 26.4. The van der Waals surface area contributed by atoms with Crippen LogP contribution < -0.4 is 19.6 Å². The fraction of sp³-hybridized carbons (Fsp3) is 0.179. The van der Waals surface area contributed by atoms with Crippen LogP contribution in [0.25, 0.3) is 6.08 Å². The highest BCUT2D eigenvalue weighted by molar-refractivity contribution is 14.1. The van der Waals surface area contributed by atoms with Gasteiger partial charge in [0.25, 0.3) is 5.56 Å². The van der Waals surface area contributed by atoms with Gasteiger partial charge in [0, 0.05) is 4.88 Å². The largest absolute Gasteiger partial charge is 0.487 e. The third kappa shape index (κ3) is 5.54. The molecule has 3 heterocycles. The lowest BCUT2D eigenvalue weighted by Gasteiger charge is -2.23. The average molecular weight is 768 g/mol. The number of rotatable bonds is 7. The molecule has 1 aliphatic rings. The van der Waals surface area contributed by atoms with E-state index in [-0.39, 0.29) is 12.2 Å². The summed E-state index contributed by atoms with van der Waals surface area (Å²) >= 11 is 7.36. The highest BCUT2D eigenvalue weighted by Gasteiger charge is 2.33. The van der Waals surface area contributed by atoms with Gasteiger partial charge in [-0.05, 0) is 99.8 Å². The van der Waals surface area contributed by atoms with E-state index in [4.69, 9.17) is 9.47 Å². The molecule has 2 aromatic heterocycles. The van der Waals surface area contributed by atoms with Crippen LogP contribution in [0, 0.1) is 7.14 Å². The van der Waals surface area contributed by atoms with Gasteiger partial charge in [0.2, 0.25) is 0 Å².